The summed E-state index contributed by atoms with van der Waals surface area (Å²) in [5.41, 5.74) is 0. The molecule has 0 aliphatic carbocycles. The number of aliphatic hydroxyl groups excluding tert-OH is 1. The van der Waals surface area contributed by atoms with Crippen molar-refractivity contribution in [3.8, 4) is 0 Å². The Bertz CT molecular complexity index is 777. The molecule has 0 aromatic rings. The second kappa shape index (κ2) is 14.7. The van der Waals surface area contributed by atoms with Crippen LogP contribution in [0.25, 0.3) is 0 Å². The van der Waals surface area contributed by atoms with Crippen molar-refractivity contribution in [2.75, 3.05) is 0 Å². The van der Waals surface area contributed by atoms with Gasteiger partial charge in [-0.15, -0.1) is 0 Å². The summed E-state index contributed by atoms with van der Waals surface area (Å²) < 4.78 is 0. The van der Waals surface area contributed by atoms with Crippen molar-refractivity contribution in [3.05, 3.63) is 0 Å². The first kappa shape index (κ1) is 34.1. The zero-order valence-electron chi connectivity index (χ0n) is 29.9. The highest BCUT2D eigenvalue weighted by molar-refractivity contribution is 5.02. The SMILES string of the molecule is CC(C)N1C2CCC1C(O)C2.CC(C)N1C2CCC1CC2.CC(C)N1C2CCCC1CC2.CC1CC2CCC1N2C(C)C. The van der Waals surface area contributed by atoms with Crippen LogP contribution in [0.3, 0.4) is 0 Å². The lowest BCUT2D eigenvalue weighted by atomic mass is 9.91. The quantitative estimate of drug-likeness (QED) is 0.358. The molecule has 1 N–H and O–H groups in total. The van der Waals surface area contributed by atoms with Crippen molar-refractivity contribution in [1.82, 2.24) is 19.6 Å². The number of piperidine rings is 1. The highest BCUT2D eigenvalue weighted by Crippen LogP contribution is 2.43. The highest BCUT2D eigenvalue weighted by atomic mass is 16.3. The first-order valence-electron chi connectivity index (χ1n) is 19.3. The second-order valence-electron chi connectivity index (χ2n) is 17.1. The van der Waals surface area contributed by atoms with E-state index in [9.17, 15) is 5.11 Å². The molecule has 8 rings (SSSR count). The van der Waals surface area contributed by atoms with Crippen LogP contribution < -0.4 is 0 Å². The van der Waals surface area contributed by atoms with Crippen molar-refractivity contribution in [2.45, 2.75) is 237 Å². The van der Waals surface area contributed by atoms with Crippen LogP contribution >= 0.6 is 0 Å². The maximum Gasteiger partial charge on any atom is 0.0710 e. The van der Waals surface area contributed by atoms with Crippen LogP contribution in [-0.4, -0.2) is 103 Å². The molecule has 5 heteroatoms. The Hall–Kier alpha value is -0.200. The third-order valence-electron chi connectivity index (χ3n) is 13.1. The molecule has 8 saturated heterocycles. The molecule has 0 spiro atoms. The van der Waals surface area contributed by atoms with Gasteiger partial charge in [-0.1, -0.05) is 13.3 Å². The van der Waals surface area contributed by atoms with E-state index < -0.39 is 0 Å². The van der Waals surface area contributed by atoms with Gasteiger partial charge >= 0.3 is 0 Å². The Morgan fingerprint density at radius 2 is 0.767 bits per heavy atom. The molecular formula is C38H72N4O. The summed E-state index contributed by atoms with van der Waals surface area (Å²) in [6.45, 7) is 20.9. The number of aliphatic hydroxyl groups is 1. The summed E-state index contributed by atoms with van der Waals surface area (Å²) >= 11 is 0. The molecule has 5 nitrogen and oxygen atoms in total. The monoisotopic (exact) mass is 601 g/mol. The molecule has 0 saturated carbocycles. The smallest absolute Gasteiger partial charge is 0.0710 e. The van der Waals surface area contributed by atoms with E-state index in [1.165, 1.54) is 89.9 Å². The van der Waals surface area contributed by atoms with Crippen molar-refractivity contribution in [1.29, 1.82) is 0 Å². The van der Waals surface area contributed by atoms with Crippen LogP contribution in [0, 0.1) is 5.92 Å². The summed E-state index contributed by atoms with van der Waals surface area (Å²) in [5.74, 6) is 0.969. The molecule has 8 bridgehead atoms. The van der Waals surface area contributed by atoms with E-state index in [2.05, 4.69) is 81.9 Å². The number of nitrogens with zero attached hydrogens (tertiary/aromatic N) is 4. The Morgan fingerprint density at radius 1 is 0.419 bits per heavy atom. The van der Waals surface area contributed by atoms with Crippen molar-refractivity contribution in [3.63, 3.8) is 0 Å². The Kier molecular flexibility index (Phi) is 11.7. The van der Waals surface area contributed by atoms with Crippen LogP contribution in [0.2, 0.25) is 0 Å². The number of hydrogen-bond acceptors (Lipinski definition) is 5. The van der Waals surface area contributed by atoms with Gasteiger partial charge in [0.2, 0.25) is 0 Å². The lowest BCUT2D eigenvalue weighted by molar-refractivity contribution is 0.104. The van der Waals surface area contributed by atoms with Gasteiger partial charge in [-0.3, -0.25) is 19.6 Å². The van der Waals surface area contributed by atoms with Gasteiger partial charge in [0.25, 0.3) is 0 Å². The van der Waals surface area contributed by atoms with Crippen LogP contribution in [-0.2, 0) is 0 Å². The van der Waals surface area contributed by atoms with Gasteiger partial charge in [0, 0.05) is 72.5 Å². The standard InChI is InChI=1S/2C10H19N.C9H17NO.C9H17N/c1-7(2)11-9-4-5-10(11)8(3)6-9;1-8(2)11-9-4-3-5-10(11)7-6-9;1-6(2)10-7-3-4-8(10)9(11)5-7;1-7(2)10-8-3-4-9(10)6-5-8/h7-10H,4-6H2,1-3H3;8-10H,3-7H2,1-2H3;6-9,11H,3-5H2,1-2H3;7-9H,3-6H2,1-2H3. The average Bonchev–Trinajstić information content (AvgIpc) is 3.81. The maximum atomic E-state index is 9.60. The Balaban J connectivity index is 0.000000114. The molecule has 8 aliphatic heterocycles. The number of hydrogen-bond donors (Lipinski definition) is 1. The summed E-state index contributed by atoms with van der Waals surface area (Å²) in [7, 11) is 0. The summed E-state index contributed by atoms with van der Waals surface area (Å²) in [6.07, 6.45) is 21.2. The molecule has 0 amide bonds. The predicted octanol–water partition coefficient (Wildman–Crippen LogP) is 7.69. The van der Waals surface area contributed by atoms with E-state index in [1.807, 2.05) is 0 Å². The molecule has 43 heavy (non-hydrogen) atoms. The molecular weight excluding hydrogens is 528 g/mol. The lowest BCUT2D eigenvalue weighted by Gasteiger charge is -2.37. The molecule has 0 aromatic heterocycles. The fraction of sp³-hybridized carbons (Fsp3) is 1.00. The molecule has 8 unspecified atom stereocenters. The molecule has 8 atom stereocenters. The van der Waals surface area contributed by atoms with E-state index in [-0.39, 0.29) is 6.10 Å². The maximum absolute atomic E-state index is 9.60. The zero-order chi connectivity index (χ0) is 31.0. The topological polar surface area (TPSA) is 33.2 Å². The van der Waals surface area contributed by atoms with Gasteiger partial charge in [0.15, 0.2) is 0 Å². The largest absolute Gasteiger partial charge is 0.391 e. The first-order valence-corrected chi connectivity index (χ1v) is 19.3. The van der Waals surface area contributed by atoms with E-state index in [1.54, 1.807) is 0 Å². The second-order valence-corrected chi connectivity index (χ2v) is 17.1. The minimum atomic E-state index is -0.0313. The Morgan fingerprint density at radius 3 is 1.00 bits per heavy atom. The van der Waals surface area contributed by atoms with E-state index >= 15 is 0 Å². The van der Waals surface area contributed by atoms with Crippen molar-refractivity contribution in [2.24, 2.45) is 5.92 Å². The van der Waals surface area contributed by atoms with Crippen molar-refractivity contribution >= 4 is 0 Å². The predicted molar refractivity (Wildman–Crippen MR) is 183 cm³/mol. The van der Waals surface area contributed by atoms with Crippen molar-refractivity contribution < 1.29 is 5.11 Å². The van der Waals surface area contributed by atoms with E-state index in [0.29, 0.717) is 18.1 Å². The number of fused-ring (bicyclic) bond motifs is 8. The van der Waals surface area contributed by atoms with Crippen LogP contribution in [0.1, 0.15) is 159 Å². The summed E-state index contributed by atoms with van der Waals surface area (Å²) in [6, 6.07) is 9.84. The van der Waals surface area contributed by atoms with E-state index in [4.69, 9.17) is 0 Å². The number of rotatable bonds is 4. The van der Waals surface area contributed by atoms with Crippen LogP contribution in [0.5, 0.6) is 0 Å². The first-order chi connectivity index (χ1) is 20.5. The van der Waals surface area contributed by atoms with Crippen LogP contribution in [0.15, 0.2) is 0 Å². The summed E-state index contributed by atoms with van der Waals surface area (Å²) in [4.78, 5) is 10.7. The van der Waals surface area contributed by atoms with Crippen LogP contribution in [0.4, 0.5) is 0 Å². The third kappa shape index (κ3) is 7.37. The minimum absolute atomic E-state index is 0.0313. The lowest BCUT2D eigenvalue weighted by Crippen LogP contribution is -2.43. The fourth-order valence-corrected chi connectivity index (χ4v) is 11.7. The summed E-state index contributed by atoms with van der Waals surface area (Å²) in [5, 5.41) is 9.60. The average molecular weight is 601 g/mol. The highest BCUT2D eigenvalue weighted by Gasteiger charge is 2.47. The normalized spacial score (nSPS) is 41.7. The van der Waals surface area contributed by atoms with E-state index in [0.717, 1.165) is 66.7 Å². The molecule has 8 fully saturated rings. The van der Waals surface area contributed by atoms with Gasteiger partial charge in [0.1, 0.15) is 0 Å². The van der Waals surface area contributed by atoms with Gasteiger partial charge in [-0.2, -0.15) is 0 Å². The fourth-order valence-electron chi connectivity index (χ4n) is 11.7. The van der Waals surface area contributed by atoms with Gasteiger partial charge < -0.3 is 5.11 Å². The molecule has 8 heterocycles. The third-order valence-corrected chi connectivity index (χ3v) is 13.1. The van der Waals surface area contributed by atoms with Gasteiger partial charge in [0.05, 0.1) is 6.10 Å². The zero-order valence-corrected chi connectivity index (χ0v) is 29.9. The Labute approximate surface area is 267 Å². The molecule has 0 aromatic carbocycles. The minimum Gasteiger partial charge on any atom is -0.391 e. The molecule has 0 radical (unpaired) electrons. The van der Waals surface area contributed by atoms with Gasteiger partial charge in [-0.25, -0.2) is 0 Å². The van der Waals surface area contributed by atoms with Gasteiger partial charge in [-0.05, 0) is 151 Å². The molecule has 250 valence electrons. The molecule has 8 aliphatic rings.